The molecule has 240 valence electrons. The molecule has 0 spiro atoms. The lowest BCUT2D eigenvalue weighted by molar-refractivity contribution is 0.0225. The summed E-state index contributed by atoms with van der Waals surface area (Å²) in [6.07, 6.45) is 0.927. The van der Waals surface area contributed by atoms with Crippen LogP contribution in [-0.4, -0.2) is 95.0 Å². The number of phenols is 1. The van der Waals surface area contributed by atoms with E-state index in [9.17, 15) is 14.3 Å². The summed E-state index contributed by atoms with van der Waals surface area (Å²) in [6, 6.07) is 5.39. The van der Waals surface area contributed by atoms with Crippen molar-refractivity contribution in [3.05, 3.63) is 47.7 Å². The maximum atomic E-state index is 16.8. The summed E-state index contributed by atoms with van der Waals surface area (Å²) in [5.74, 6) is -1.28. The number of benzene rings is 2. The van der Waals surface area contributed by atoms with Crippen LogP contribution in [0.15, 0.2) is 30.5 Å². The van der Waals surface area contributed by atoms with Crippen LogP contribution >= 0.6 is 0 Å². The Morgan fingerprint density at radius 2 is 2.09 bits per heavy atom. The zero-order valence-electron chi connectivity index (χ0n) is 24.8. The molecule has 2 unspecified atom stereocenters. The number of nitrogens with zero attached hydrogens (tertiary/aromatic N) is 5. The summed E-state index contributed by atoms with van der Waals surface area (Å²) in [6.45, 7) is 1.89. The Morgan fingerprint density at radius 3 is 2.98 bits per heavy atom. The third kappa shape index (κ3) is 4.90. The standard InChI is InChI=1S/C32H31F3N6O5/c33-18-10-32(5-1-6-41(32)13-18)15-45-30-38-28-23-12-37-27(26(28)35)22-9-19(42)8-17-2-3-24(34)21(25(17)22)4-7-44-31(43)46-20-11-36-16-40(14-20)29(23)39-30/h2-3,8-9,12,18,20,36,42H,1,4-7,10-11,13-16H2/t18-,20?,32?/m1/s1. The minimum Gasteiger partial charge on any atom is -0.508 e. The zero-order valence-corrected chi connectivity index (χ0v) is 24.8. The number of aromatic hydroxyl groups is 1. The monoisotopic (exact) mass is 636 g/mol. The van der Waals surface area contributed by atoms with Crippen molar-refractivity contribution in [2.24, 2.45) is 0 Å². The first kappa shape index (κ1) is 29.0. The quantitative estimate of drug-likeness (QED) is 0.314. The van der Waals surface area contributed by atoms with Gasteiger partial charge in [0.25, 0.3) is 0 Å². The number of pyridine rings is 1. The fourth-order valence-electron chi connectivity index (χ4n) is 7.48. The second kappa shape index (κ2) is 11.1. The van der Waals surface area contributed by atoms with Crippen molar-refractivity contribution in [1.29, 1.82) is 0 Å². The number of hydrogen-bond acceptors (Lipinski definition) is 11. The Hall–Kier alpha value is -4.43. The summed E-state index contributed by atoms with van der Waals surface area (Å²) in [5.41, 5.74) is -0.435. The van der Waals surface area contributed by atoms with Crippen LogP contribution < -0.4 is 15.0 Å². The first-order valence-corrected chi connectivity index (χ1v) is 15.4. The minimum atomic E-state index is -0.954. The molecule has 46 heavy (non-hydrogen) atoms. The van der Waals surface area contributed by atoms with E-state index in [2.05, 4.69) is 25.2 Å². The van der Waals surface area contributed by atoms with Crippen LogP contribution in [0.2, 0.25) is 0 Å². The van der Waals surface area contributed by atoms with Gasteiger partial charge in [-0.2, -0.15) is 9.97 Å². The number of aromatic nitrogens is 3. The SMILES string of the molecule is O=C1OCCc2c(F)ccc3cc(O)cc(c23)-c2ncc3c(nc(OCC45CCCN4C[C@H](F)C5)nc3c2F)N2CNCC(C2)O1. The van der Waals surface area contributed by atoms with Gasteiger partial charge in [0, 0.05) is 37.7 Å². The Balaban J connectivity index is 1.31. The van der Waals surface area contributed by atoms with Gasteiger partial charge in [0.15, 0.2) is 5.82 Å². The van der Waals surface area contributed by atoms with Gasteiger partial charge in [0.2, 0.25) is 0 Å². The zero-order chi connectivity index (χ0) is 31.6. The van der Waals surface area contributed by atoms with Crippen LogP contribution in [0.5, 0.6) is 11.8 Å². The van der Waals surface area contributed by atoms with E-state index in [1.165, 1.54) is 30.5 Å². The summed E-state index contributed by atoms with van der Waals surface area (Å²) >= 11 is 0. The van der Waals surface area contributed by atoms with Crippen molar-refractivity contribution < 1.29 is 37.3 Å². The topological polar surface area (TPSA) is 122 Å². The Kier molecular flexibility index (Phi) is 7.01. The number of halogens is 3. The molecule has 6 bridgehead atoms. The lowest BCUT2D eigenvalue weighted by atomic mass is 9.94. The van der Waals surface area contributed by atoms with Crippen LogP contribution in [0.4, 0.5) is 23.8 Å². The molecule has 0 saturated carbocycles. The van der Waals surface area contributed by atoms with E-state index in [0.717, 1.165) is 19.4 Å². The van der Waals surface area contributed by atoms with Gasteiger partial charge in [0.1, 0.15) is 47.5 Å². The molecule has 0 radical (unpaired) electrons. The molecular formula is C32H31F3N6O5. The van der Waals surface area contributed by atoms with Crippen LogP contribution in [0.3, 0.4) is 0 Å². The molecule has 7 heterocycles. The Morgan fingerprint density at radius 1 is 1.20 bits per heavy atom. The highest BCUT2D eigenvalue weighted by atomic mass is 19.1. The molecule has 5 aliphatic rings. The largest absolute Gasteiger partial charge is 0.508 e. The maximum Gasteiger partial charge on any atom is 0.508 e. The Bertz CT molecular complexity index is 1880. The third-order valence-electron chi connectivity index (χ3n) is 9.52. The van der Waals surface area contributed by atoms with E-state index in [1.807, 2.05) is 0 Å². The highest BCUT2D eigenvalue weighted by molar-refractivity contribution is 6.01. The number of ether oxygens (including phenoxy) is 3. The van der Waals surface area contributed by atoms with Crippen molar-refractivity contribution in [3.8, 4) is 23.0 Å². The number of anilines is 1. The van der Waals surface area contributed by atoms with Crippen LogP contribution in [0.1, 0.15) is 24.8 Å². The lowest BCUT2D eigenvalue weighted by Gasteiger charge is -2.34. The molecule has 2 aromatic carbocycles. The average Bonchev–Trinajstić information content (AvgIpc) is 3.56. The molecule has 0 amide bonds. The van der Waals surface area contributed by atoms with E-state index in [4.69, 9.17) is 14.2 Å². The number of fused-ring (bicyclic) bond motifs is 6. The molecule has 9 rings (SSSR count). The molecule has 2 N–H and O–H groups in total. The van der Waals surface area contributed by atoms with Crippen LogP contribution in [0.25, 0.3) is 32.9 Å². The second-order valence-corrected chi connectivity index (χ2v) is 12.4. The van der Waals surface area contributed by atoms with E-state index in [-0.39, 0.29) is 65.7 Å². The molecule has 14 heteroatoms. The smallest absolute Gasteiger partial charge is 0.508 e. The Labute approximate surface area is 261 Å². The number of rotatable bonds is 3. The number of carbonyl (C=O) groups is 1. The van der Waals surface area contributed by atoms with Gasteiger partial charge in [-0.25, -0.2) is 18.0 Å². The lowest BCUT2D eigenvalue weighted by Crippen LogP contribution is -2.52. The molecule has 4 aromatic rings. The van der Waals surface area contributed by atoms with Crippen molar-refractivity contribution >= 4 is 33.6 Å². The normalized spacial score (nSPS) is 24.8. The molecule has 3 fully saturated rings. The van der Waals surface area contributed by atoms with E-state index < -0.39 is 35.6 Å². The third-order valence-corrected chi connectivity index (χ3v) is 9.52. The number of phenolic OH excluding ortho intramolecular Hbond substituents is 1. The average molecular weight is 637 g/mol. The molecule has 2 aromatic heterocycles. The van der Waals surface area contributed by atoms with Crippen molar-refractivity contribution in [3.63, 3.8) is 0 Å². The van der Waals surface area contributed by atoms with Gasteiger partial charge in [-0.1, -0.05) is 6.07 Å². The summed E-state index contributed by atoms with van der Waals surface area (Å²) < 4.78 is 63.6. The van der Waals surface area contributed by atoms with Gasteiger partial charge < -0.3 is 24.2 Å². The summed E-state index contributed by atoms with van der Waals surface area (Å²) in [7, 11) is 0. The van der Waals surface area contributed by atoms with E-state index >= 15 is 8.78 Å². The van der Waals surface area contributed by atoms with Crippen molar-refractivity contribution in [2.45, 2.75) is 43.5 Å². The van der Waals surface area contributed by atoms with E-state index in [1.54, 1.807) is 4.90 Å². The molecule has 3 saturated heterocycles. The van der Waals surface area contributed by atoms with Crippen LogP contribution in [0, 0.1) is 11.6 Å². The molecule has 5 aliphatic heterocycles. The summed E-state index contributed by atoms with van der Waals surface area (Å²) in [5, 5.41) is 14.8. The van der Waals surface area contributed by atoms with Gasteiger partial charge >= 0.3 is 12.2 Å². The number of carbonyl (C=O) groups excluding carboxylic acids is 1. The highest BCUT2D eigenvalue weighted by Crippen LogP contribution is 2.42. The minimum absolute atomic E-state index is 0.0386. The first-order chi connectivity index (χ1) is 22.3. The van der Waals surface area contributed by atoms with Crippen LogP contribution in [-0.2, 0) is 15.9 Å². The first-order valence-electron chi connectivity index (χ1n) is 15.4. The molecule has 0 aliphatic carbocycles. The molecular weight excluding hydrogens is 605 g/mol. The number of alkyl halides is 1. The number of nitrogens with one attached hydrogen (secondary N) is 1. The fraction of sp³-hybridized carbons (Fsp3) is 0.438. The van der Waals surface area contributed by atoms with Crippen molar-refractivity contribution in [2.75, 3.05) is 51.0 Å². The van der Waals surface area contributed by atoms with Gasteiger partial charge in [-0.15, -0.1) is 0 Å². The second-order valence-electron chi connectivity index (χ2n) is 12.4. The fourth-order valence-corrected chi connectivity index (χ4v) is 7.48. The number of hydrogen-bond donors (Lipinski definition) is 2. The predicted molar refractivity (Wildman–Crippen MR) is 161 cm³/mol. The van der Waals surface area contributed by atoms with E-state index in [0.29, 0.717) is 42.8 Å². The van der Waals surface area contributed by atoms with Crippen molar-refractivity contribution in [1.82, 2.24) is 25.2 Å². The predicted octanol–water partition coefficient (Wildman–Crippen LogP) is 4.23. The molecule has 3 atom stereocenters. The summed E-state index contributed by atoms with van der Waals surface area (Å²) in [4.78, 5) is 30.2. The molecule has 11 nitrogen and oxygen atoms in total. The maximum absolute atomic E-state index is 16.8. The van der Waals surface area contributed by atoms with Gasteiger partial charge in [-0.05, 0) is 53.9 Å². The van der Waals surface area contributed by atoms with Gasteiger partial charge in [-0.3, -0.25) is 15.2 Å². The highest BCUT2D eigenvalue weighted by Gasteiger charge is 2.49. The van der Waals surface area contributed by atoms with Gasteiger partial charge in [0.05, 0.1) is 30.7 Å².